The van der Waals surface area contributed by atoms with E-state index in [1.807, 2.05) is 20.8 Å². The third-order valence-corrected chi connectivity index (χ3v) is 3.82. The van der Waals surface area contributed by atoms with E-state index in [9.17, 15) is 8.78 Å². The minimum atomic E-state index is -0.639. The predicted octanol–water partition coefficient (Wildman–Crippen LogP) is 2.58. The lowest BCUT2D eigenvalue weighted by Crippen LogP contribution is -2.26. The van der Waals surface area contributed by atoms with Crippen molar-refractivity contribution in [3.05, 3.63) is 46.8 Å². The van der Waals surface area contributed by atoms with E-state index >= 15 is 0 Å². The quantitative estimate of drug-likeness (QED) is 0.892. The van der Waals surface area contributed by atoms with Gasteiger partial charge in [-0.1, -0.05) is 6.92 Å². The summed E-state index contributed by atoms with van der Waals surface area (Å²) in [5.41, 5.74) is 2.86. The van der Waals surface area contributed by atoms with E-state index in [1.165, 1.54) is 16.8 Å². The molecule has 0 aliphatic carbocycles. The number of benzene rings is 1. The van der Waals surface area contributed by atoms with Crippen LogP contribution in [0.2, 0.25) is 0 Å². The molecule has 120 valence electrons. The van der Waals surface area contributed by atoms with E-state index in [0.717, 1.165) is 29.6 Å². The van der Waals surface area contributed by atoms with E-state index < -0.39 is 11.6 Å². The molecule has 0 aliphatic rings. The van der Waals surface area contributed by atoms with Gasteiger partial charge in [0, 0.05) is 30.4 Å². The summed E-state index contributed by atoms with van der Waals surface area (Å²) in [5, 5.41) is 13.5. The predicted molar refractivity (Wildman–Crippen MR) is 81.0 cm³/mol. The molecule has 0 radical (unpaired) electrons. The van der Waals surface area contributed by atoms with Gasteiger partial charge in [0.15, 0.2) is 5.82 Å². The molecule has 0 atom stereocenters. The number of nitrogens with zero attached hydrogens (tertiary/aromatic N) is 3. The Morgan fingerprint density at radius 1 is 1.27 bits per heavy atom. The maximum atomic E-state index is 14.0. The van der Waals surface area contributed by atoms with Crippen LogP contribution in [0.25, 0.3) is 5.69 Å². The van der Waals surface area contributed by atoms with Gasteiger partial charge < -0.3 is 5.11 Å². The molecule has 2 rings (SSSR count). The van der Waals surface area contributed by atoms with Gasteiger partial charge in [-0.3, -0.25) is 4.90 Å². The van der Waals surface area contributed by atoms with Crippen molar-refractivity contribution in [3.63, 3.8) is 0 Å². The van der Waals surface area contributed by atoms with Gasteiger partial charge in [-0.05, 0) is 32.5 Å². The minimum absolute atomic E-state index is 0.0899. The van der Waals surface area contributed by atoms with E-state index in [4.69, 9.17) is 5.11 Å². The fraction of sp³-hybridized carbons (Fsp3) is 0.438. The van der Waals surface area contributed by atoms with E-state index in [1.54, 1.807) is 0 Å². The zero-order chi connectivity index (χ0) is 16.3. The second kappa shape index (κ2) is 6.98. The highest BCUT2D eigenvalue weighted by Gasteiger charge is 2.17. The SMILES string of the molecule is CCN(CCO)Cc1c(C)nn(-c2ccc(F)cc2F)c1C. The number of likely N-dealkylation sites (N-methyl/N-ethyl adjacent to an activating group) is 1. The van der Waals surface area contributed by atoms with Gasteiger partial charge in [-0.2, -0.15) is 5.10 Å². The van der Waals surface area contributed by atoms with Crippen molar-refractivity contribution >= 4 is 0 Å². The lowest BCUT2D eigenvalue weighted by Gasteiger charge is -2.19. The van der Waals surface area contributed by atoms with Gasteiger partial charge in [0.2, 0.25) is 0 Å². The number of halogens is 2. The summed E-state index contributed by atoms with van der Waals surface area (Å²) in [6.45, 7) is 7.85. The Labute approximate surface area is 129 Å². The Morgan fingerprint density at radius 2 is 2.00 bits per heavy atom. The number of aliphatic hydroxyl groups is 1. The monoisotopic (exact) mass is 309 g/mol. The maximum absolute atomic E-state index is 14.0. The highest BCUT2D eigenvalue weighted by Crippen LogP contribution is 2.22. The van der Waals surface area contributed by atoms with Crippen molar-refractivity contribution in [1.82, 2.24) is 14.7 Å². The largest absolute Gasteiger partial charge is 0.395 e. The molecular formula is C16H21F2N3O. The van der Waals surface area contributed by atoms with Gasteiger partial charge in [0.1, 0.15) is 11.5 Å². The molecule has 0 fully saturated rings. The Morgan fingerprint density at radius 3 is 2.59 bits per heavy atom. The Balaban J connectivity index is 2.38. The van der Waals surface area contributed by atoms with Gasteiger partial charge in [-0.15, -0.1) is 0 Å². The van der Waals surface area contributed by atoms with Crippen LogP contribution in [0.15, 0.2) is 18.2 Å². The summed E-state index contributed by atoms with van der Waals surface area (Å²) in [6.07, 6.45) is 0. The molecule has 0 spiro atoms. The number of hydrogen-bond donors (Lipinski definition) is 1. The van der Waals surface area contributed by atoms with Crippen LogP contribution in [0.1, 0.15) is 23.9 Å². The van der Waals surface area contributed by atoms with Crippen molar-refractivity contribution in [2.24, 2.45) is 0 Å². The van der Waals surface area contributed by atoms with Crippen LogP contribution in [0.4, 0.5) is 8.78 Å². The molecule has 0 saturated carbocycles. The highest BCUT2D eigenvalue weighted by atomic mass is 19.1. The first-order chi connectivity index (χ1) is 10.5. The summed E-state index contributed by atoms with van der Waals surface area (Å²) in [7, 11) is 0. The van der Waals surface area contributed by atoms with Gasteiger partial charge >= 0.3 is 0 Å². The molecular weight excluding hydrogens is 288 g/mol. The molecule has 1 heterocycles. The standard InChI is InChI=1S/C16H21F2N3O/c1-4-20(7-8-22)10-14-11(2)19-21(12(14)3)16-6-5-13(17)9-15(16)18/h5-6,9,22H,4,7-8,10H2,1-3H3. The van der Waals surface area contributed by atoms with E-state index in [2.05, 4.69) is 10.00 Å². The van der Waals surface area contributed by atoms with Crippen LogP contribution in [-0.2, 0) is 6.54 Å². The third kappa shape index (κ3) is 3.34. The summed E-state index contributed by atoms with van der Waals surface area (Å²) in [5.74, 6) is -1.25. The third-order valence-electron chi connectivity index (χ3n) is 3.82. The van der Waals surface area contributed by atoms with Crippen molar-refractivity contribution < 1.29 is 13.9 Å². The lowest BCUT2D eigenvalue weighted by molar-refractivity contribution is 0.196. The Bertz CT molecular complexity index is 655. The van der Waals surface area contributed by atoms with Crippen molar-refractivity contribution in [2.75, 3.05) is 19.7 Å². The topological polar surface area (TPSA) is 41.3 Å². The van der Waals surface area contributed by atoms with Crippen LogP contribution in [0, 0.1) is 25.5 Å². The second-order valence-electron chi connectivity index (χ2n) is 5.25. The summed E-state index contributed by atoms with van der Waals surface area (Å²) < 4.78 is 28.5. The summed E-state index contributed by atoms with van der Waals surface area (Å²) >= 11 is 0. The van der Waals surface area contributed by atoms with Crippen LogP contribution >= 0.6 is 0 Å². The number of aromatic nitrogens is 2. The number of aliphatic hydroxyl groups excluding tert-OH is 1. The van der Waals surface area contributed by atoms with Crippen LogP contribution in [0.3, 0.4) is 0 Å². The normalized spacial score (nSPS) is 11.4. The molecule has 6 heteroatoms. The summed E-state index contributed by atoms with van der Waals surface area (Å²) in [4.78, 5) is 2.09. The van der Waals surface area contributed by atoms with Crippen molar-refractivity contribution in [1.29, 1.82) is 0 Å². The number of aryl methyl sites for hydroxylation is 1. The summed E-state index contributed by atoms with van der Waals surface area (Å²) in [6, 6.07) is 3.47. The smallest absolute Gasteiger partial charge is 0.151 e. The average molecular weight is 309 g/mol. The molecule has 2 aromatic rings. The van der Waals surface area contributed by atoms with Gasteiger partial charge in [0.05, 0.1) is 12.3 Å². The first kappa shape index (κ1) is 16.6. The fourth-order valence-corrected chi connectivity index (χ4v) is 2.51. The number of hydrogen-bond acceptors (Lipinski definition) is 3. The van der Waals surface area contributed by atoms with Crippen LogP contribution < -0.4 is 0 Å². The molecule has 0 saturated heterocycles. The maximum Gasteiger partial charge on any atom is 0.151 e. The lowest BCUT2D eigenvalue weighted by atomic mass is 10.2. The molecule has 1 N–H and O–H groups in total. The molecule has 0 aliphatic heterocycles. The van der Waals surface area contributed by atoms with Crippen LogP contribution in [-0.4, -0.2) is 39.5 Å². The average Bonchev–Trinajstić information content (AvgIpc) is 2.74. The molecule has 22 heavy (non-hydrogen) atoms. The highest BCUT2D eigenvalue weighted by molar-refractivity contribution is 5.38. The molecule has 1 aromatic carbocycles. The van der Waals surface area contributed by atoms with Crippen molar-refractivity contribution in [2.45, 2.75) is 27.3 Å². The van der Waals surface area contributed by atoms with E-state index in [0.29, 0.717) is 13.1 Å². The van der Waals surface area contributed by atoms with Crippen molar-refractivity contribution in [3.8, 4) is 5.69 Å². The van der Waals surface area contributed by atoms with Gasteiger partial charge in [-0.25, -0.2) is 13.5 Å². The zero-order valence-corrected chi connectivity index (χ0v) is 13.1. The van der Waals surface area contributed by atoms with Gasteiger partial charge in [0.25, 0.3) is 0 Å². The first-order valence-corrected chi connectivity index (χ1v) is 7.31. The van der Waals surface area contributed by atoms with Crippen LogP contribution in [0.5, 0.6) is 0 Å². The first-order valence-electron chi connectivity index (χ1n) is 7.31. The minimum Gasteiger partial charge on any atom is -0.395 e. The molecule has 4 nitrogen and oxygen atoms in total. The number of rotatable bonds is 6. The zero-order valence-electron chi connectivity index (χ0n) is 13.1. The molecule has 0 unspecified atom stereocenters. The second-order valence-corrected chi connectivity index (χ2v) is 5.25. The molecule has 0 bridgehead atoms. The molecule has 1 aromatic heterocycles. The Kier molecular flexibility index (Phi) is 5.26. The Hall–Kier alpha value is -1.79. The van der Waals surface area contributed by atoms with E-state index in [-0.39, 0.29) is 12.3 Å². The molecule has 0 amide bonds. The fourth-order valence-electron chi connectivity index (χ4n) is 2.51.